The Balaban J connectivity index is 1.40. The molecule has 4 rings (SSSR count). The fraction of sp³-hybridized carbons (Fsp3) is 0.174. The minimum Gasteiger partial charge on any atom is -0.352 e. The van der Waals surface area contributed by atoms with Gasteiger partial charge in [-0.1, -0.05) is 25.1 Å². The highest BCUT2D eigenvalue weighted by Crippen LogP contribution is 2.16. The Hall–Kier alpha value is -3.74. The highest BCUT2D eigenvalue weighted by molar-refractivity contribution is 5.95. The zero-order chi connectivity index (χ0) is 20.9. The topological polar surface area (TPSA) is 64.7 Å². The minimum absolute atomic E-state index is 0.178. The second-order valence-corrected chi connectivity index (χ2v) is 6.84. The van der Waals surface area contributed by atoms with Crippen LogP contribution in [0, 0.1) is 5.82 Å². The van der Waals surface area contributed by atoms with Gasteiger partial charge < -0.3 is 5.32 Å². The Kier molecular flexibility index (Phi) is 5.70. The lowest BCUT2D eigenvalue weighted by molar-refractivity contribution is 0.0953. The molecule has 152 valence electrons. The predicted octanol–water partition coefficient (Wildman–Crippen LogP) is 3.73. The molecule has 4 aromatic rings. The molecule has 0 radical (unpaired) electrons. The van der Waals surface area contributed by atoms with Gasteiger partial charge in [0.25, 0.3) is 5.91 Å². The van der Waals surface area contributed by atoms with Crippen molar-refractivity contribution in [3.05, 3.63) is 95.8 Å². The molecule has 2 heterocycles. The SMILES string of the molecule is CCc1c(C(=O)NCCc2ccn(-c3ccccc3)n2)cnn1-c1ccc(F)cc1. The molecule has 7 heteroatoms. The van der Waals surface area contributed by atoms with Crippen LogP contribution in [0.25, 0.3) is 11.4 Å². The number of halogens is 1. The van der Waals surface area contributed by atoms with Gasteiger partial charge in [-0.15, -0.1) is 0 Å². The van der Waals surface area contributed by atoms with E-state index >= 15 is 0 Å². The van der Waals surface area contributed by atoms with Crippen LogP contribution < -0.4 is 5.32 Å². The van der Waals surface area contributed by atoms with Crippen molar-refractivity contribution >= 4 is 5.91 Å². The number of rotatable bonds is 7. The Labute approximate surface area is 174 Å². The molecule has 1 N–H and O–H groups in total. The predicted molar refractivity (Wildman–Crippen MR) is 113 cm³/mol. The van der Waals surface area contributed by atoms with Crippen LogP contribution in [0.15, 0.2) is 73.1 Å². The number of hydrogen-bond donors (Lipinski definition) is 1. The number of amides is 1. The lowest BCUT2D eigenvalue weighted by Crippen LogP contribution is -2.26. The third kappa shape index (κ3) is 4.15. The Morgan fingerprint density at radius 3 is 2.53 bits per heavy atom. The molecular formula is C23H22FN5O. The van der Waals surface area contributed by atoms with Crippen LogP contribution >= 0.6 is 0 Å². The molecule has 1 amide bonds. The summed E-state index contributed by atoms with van der Waals surface area (Å²) in [7, 11) is 0. The molecule has 0 aliphatic carbocycles. The molecule has 0 spiro atoms. The first kappa shape index (κ1) is 19.6. The van der Waals surface area contributed by atoms with Crippen molar-refractivity contribution in [2.45, 2.75) is 19.8 Å². The van der Waals surface area contributed by atoms with Crippen molar-refractivity contribution in [2.24, 2.45) is 0 Å². The van der Waals surface area contributed by atoms with E-state index in [1.807, 2.05) is 54.2 Å². The average Bonchev–Trinajstić information content (AvgIpc) is 3.42. The van der Waals surface area contributed by atoms with E-state index in [1.165, 1.54) is 12.1 Å². The molecule has 0 aliphatic rings. The summed E-state index contributed by atoms with van der Waals surface area (Å²) in [5, 5.41) is 11.8. The molecule has 6 nitrogen and oxygen atoms in total. The smallest absolute Gasteiger partial charge is 0.254 e. The monoisotopic (exact) mass is 403 g/mol. The first-order valence-corrected chi connectivity index (χ1v) is 9.86. The minimum atomic E-state index is -0.309. The van der Waals surface area contributed by atoms with E-state index in [9.17, 15) is 9.18 Å². The number of carbonyl (C=O) groups is 1. The highest BCUT2D eigenvalue weighted by Gasteiger charge is 2.17. The molecule has 0 fully saturated rings. The summed E-state index contributed by atoms with van der Waals surface area (Å²) in [5.74, 6) is -0.487. The van der Waals surface area contributed by atoms with Crippen LogP contribution in [-0.2, 0) is 12.8 Å². The van der Waals surface area contributed by atoms with E-state index < -0.39 is 0 Å². The van der Waals surface area contributed by atoms with Crippen molar-refractivity contribution in [2.75, 3.05) is 6.54 Å². The van der Waals surface area contributed by atoms with Gasteiger partial charge in [-0.2, -0.15) is 10.2 Å². The van der Waals surface area contributed by atoms with Gasteiger partial charge in [0.15, 0.2) is 0 Å². The molecule has 2 aromatic heterocycles. The molecule has 30 heavy (non-hydrogen) atoms. The number of hydrogen-bond acceptors (Lipinski definition) is 3. The summed E-state index contributed by atoms with van der Waals surface area (Å²) in [4.78, 5) is 12.7. The zero-order valence-corrected chi connectivity index (χ0v) is 16.6. The van der Waals surface area contributed by atoms with Gasteiger partial charge >= 0.3 is 0 Å². The lowest BCUT2D eigenvalue weighted by Gasteiger charge is -2.08. The van der Waals surface area contributed by atoms with E-state index in [1.54, 1.807) is 23.0 Å². The van der Waals surface area contributed by atoms with Crippen LogP contribution in [0.5, 0.6) is 0 Å². The normalized spacial score (nSPS) is 10.9. The summed E-state index contributed by atoms with van der Waals surface area (Å²) in [6, 6.07) is 17.9. The molecule has 0 atom stereocenters. The maximum Gasteiger partial charge on any atom is 0.254 e. The van der Waals surface area contributed by atoms with Gasteiger partial charge in [-0.05, 0) is 48.9 Å². The number of carbonyl (C=O) groups excluding carboxylic acids is 1. The first-order chi connectivity index (χ1) is 14.7. The third-order valence-electron chi connectivity index (χ3n) is 4.85. The Morgan fingerprint density at radius 2 is 1.80 bits per heavy atom. The lowest BCUT2D eigenvalue weighted by atomic mass is 10.2. The summed E-state index contributed by atoms with van der Waals surface area (Å²) in [6.07, 6.45) is 4.72. The van der Waals surface area contributed by atoms with Gasteiger partial charge in [0, 0.05) is 19.2 Å². The van der Waals surface area contributed by atoms with Crippen molar-refractivity contribution in [3.63, 3.8) is 0 Å². The maximum atomic E-state index is 13.2. The second kappa shape index (κ2) is 8.73. The molecule has 0 unspecified atom stereocenters. The van der Waals surface area contributed by atoms with E-state index in [0.29, 0.717) is 24.9 Å². The largest absolute Gasteiger partial charge is 0.352 e. The Morgan fingerprint density at radius 1 is 1.03 bits per heavy atom. The maximum absolute atomic E-state index is 13.2. The van der Waals surface area contributed by atoms with Crippen LogP contribution in [0.3, 0.4) is 0 Å². The first-order valence-electron chi connectivity index (χ1n) is 9.86. The van der Waals surface area contributed by atoms with Crippen LogP contribution in [0.4, 0.5) is 4.39 Å². The van der Waals surface area contributed by atoms with Gasteiger partial charge in [0.05, 0.1) is 34.5 Å². The third-order valence-corrected chi connectivity index (χ3v) is 4.85. The van der Waals surface area contributed by atoms with Crippen molar-refractivity contribution in [3.8, 4) is 11.4 Å². The quantitative estimate of drug-likeness (QED) is 0.511. The van der Waals surface area contributed by atoms with Crippen LogP contribution in [-0.4, -0.2) is 32.0 Å². The average molecular weight is 403 g/mol. The standard InChI is InChI=1S/C23H22FN5O/c1-2-22-21(16-26-29(22)20-10-8-17(24)9-11-20)23(30)25-14-12-18-13-15-28(27-18)19-6-4-3-5-7-19/h3-11,13,15-16H,2,12,14H2,1H3,(H,25,30). The van der Waals surface area contributed by atoms with E-state index in [4.69, 9.17) is 0 Å². The fourth-order valence-electron chi connectivity index (χ4n) is 3.33. The van der Waals surface area contributed by atoms with Crippen LogP contribution in [0.1, 0.15) is 28.7 Å². The molecule has 0 bridgehead atoms. The van der Waals surface area contributed by atoms with Crippen molar-refractivity contribution < 1.29 is 9.18 Å². The molecule has 0 aliphatic heterocycles. The van der Waals surface area contributed by atoms with E-state index in [2.05, 4.69) is 15.5 Å². The Bertz CT molecular complexity index is 1130. The number of benzene rings is 2. The van der Waals surface area contributed by atoms with E-state index in [-0.39, 0.29) is 11.7 Å². The fourth-order valence-corrected chi connectivity index (χ4v) is 3.33. The number of para-hydroxylation sites is 1. The number of nitrogens with one attached hydrogen (secondary N) is 1. The van der Waals surface area contributed by atoms with Gasteiger partial charge in [0.2, 0.25) is 0 Å². The highest BCUT2D eigenvalue weighted by atomic mass is 19.1. The molecule has 2 aromatic carbocycles. The number of nitrogens with zero attached hydrogens (tertiary/aromatic N) is 4. The van der Waals surface area contributed by atoms with Gasteiger partial charge in [0.1, 0.15) is 5.82 Å². The van der Waals surface area contributed by atoms with Gasteiger partial charge in [-0.3, -0.25) is 4.79 Å². The van der Waals surface area contributed by atoms with Gasteiger partial charge in [-0.25, -0.2) is 13.8 Å². The summed E-state index contributed by atoms with van der Waals surface area (Å²) in [6.45, 7) is 2.43. The van der Waals surface area contributed by atoms with Crippen molar-refractivity contribution in [1.29, 1.82) is 0 Å². The summed E-state index contributed by atoms with van der Waals surface area (Å²) >= 11 is 0. The van der Waals surface area contributed by atoms with Crippen molar-refractivity contribution in [1.82, 2.24) is 24.9 Å². The molecular weight excluding hydrogens is 381 g/mol. The zero-order valence-electron chi connectivity index (χ0n) is 16.6. The molecule has 0 saturated heterocycles. The summed E-state index contributed by atoms with van der Waals surface area (Å²) in [5.41, 5.74) is 3.92. The number of aromatic nitrogens is 4. The molecule has 0 saturated carbocycles. The summed E-state index contributed by atoms with van der Waals surface area (Å²) < 4.78 is 16.7. The second-order valence-electron chi connectivity index (χ2n) is 6.84. The van der Waals surface area contributed by atoms with Crippen LogP contribution in [0.2, 0.25) is 0 Å². The van der Waals surface area contributed by atoms with E-state index in [0.717, 1.165) is 22.8 Å².